The lowest BCUT2D eigenvalue weighted by molar-refractivity contribution is 0.0936. The molecule has 7 heteroatoms. The summed E-state index contributed by atoms with van der Waals surface area (Å²) < 4.78 is 23.0. The van der Waals surface area contributed by atoms with Crippen LogP contribution in [-0.2, 0) is 9.84 Å². The van der Waals surface area contributed by atoms with Crippen LogP contribution in [0, 0.1) is 0 Å². The Labute approximate surface area is 150 Å². The third kappa shape index (κ3) is 3.55. The number of halogens is 1. The first kappa shape index (κ1) is 17.5. The van der Waals surface area contributed by atoms with Gasteiger partial charge in [-0.3, -0.25) is 4.79 Å². The maximum Gasteiger partial charge on any atom is 0.269 e. The molecule has 0 spiro atoms. The molecule has 25 heavy (non-hydrogen) atoms. The lowest BCUT2D eigenvalue weighted by Gasteiger charge is -2.14. The molecule has 130 valence electrons. The second kappa shape index (κ2) is 6.54. The number of amides is 1. The third-order valence-corrected chi connectivity index (χ3v) is 5.55. The van der Waals surface area contributed by atoms with Crippen LogP contribution in [0.4, 0.5) is 0 Å². The number of sulfone groups is 1. The van der Waals surface area contributed by atoms with Crippen LogP contribution in [-0.4, -0.2) is 25.6 Å². The maximum atomic E-state index is 12.5. The highest BCUT2D eigenvalue weighted by atomic mass is 35.5. The molecule has 5 nitrogen and oxygen atoms in total. The van der Waals surface area contributed by atoms with E-state index < -0.39 is 9.84 Å². The summed E-state index contributed by atoms with van der Waals surface area (Å²) in [6, 6.07) is 13.6. The molecule has 0 aliphatic carbocycles. The fourth-order valence-corrected chi connectivity index (χ4v) is 3.55. The molecular formula is C18H17ClN2O3S. The van der Waals surface area contributed by atoms with Crippen molar-refractivity contribution < 1.29 is 13.2 Å². The van der Waals surface area contributed by atoms with Gasteiger partial charge < -0.3 is 10.3 Å². The molecule has 3 rings (SSSR count). The average molecular weight is 377 g/mol. The quantitative estimate of drug-likeness (QED) is 0.728. The first-order valence-corrected chi connectivity index (χ1v) is 9.91. The van der Waals surface area contributed by atoms with Crippen LogP contribution in [0.2, 0.25) is 5.02 Å². The minimum Gasteiger partial charge on any atom is -0.349 e. The number of aromatic nitrogens is 1. The molecule has 0 radical (unpaired) electrons. The number of para-hydroxylation sites is 1. The van der Waals surface area contributed by atoms with Crippen LogP contribution >= 0.6 is 11.6 Å². The Hall–Kier alpha value is -2.31. The van der Waals surface area contributed by atoms with Crippen molar-refractivity contribution in [1.29, 1.82) is 0 Å². The fraction of sp³-hybridized carbons (Fsp3) is 0.167. The molecular weight excluding hydrogens is 360 g/mol. The van der Waals surface area contributed by atoms with Crippen LogP contribution in [0.15, 0.2) is 53.4 Å². The van der Waals surface area contributed by atoms with Crippen molar-refractivity contribution in [2.45, 2.75) is 17.9 Å². The minimum absolute atomic E-state index is 0.244. The molecule has 2 N–H and O–H groups in total. The normalized spacial score (nSPS) is 12.9. The predicted molar refractivity (Wildman–Crippen MR) is 98.7 cm³/mol. The smallest absolute Gasteiger partial charge is 0.269 e. The minimum atomic E-state index is -3.24. The highest BCUT2D eigenvalue weighted by Gasteiger charge is 2.18. The number of aromatic amines is 1. The van der Waals surface area contributed by atoms with Crippen LogP contribution in [0.1, 0.15) is 29.0 Å². The van der Waals surface area contributed by atoms with E-state index in [-0.39, 0.29) is 16.8 Å². The number of hydrogen-bond acceptors (Lipinski definition) is 3. The van der Waals surface area contributed by atoms with Crippen LogP contribution in [0.25, 0.3) is 10.9 Å². The summed E-state index contributed by atoms with van der Waals surface area (Å²) >= 11 is 6.29. The van der Waals surface area contributed by atoms with Gasteiger partial charge in [-0.2, -0.15) is 0 Å². The van der Waals surface area contributed by atoms with Crippen LogP contribution in [0.5, 0.6) is 0 Å². The van der Waals surface area contributed by atoms with E-state index in [0.717, 1.165) is 22.7 Å². The average Bonchev–Trinajstić information content (AvgIpc) is 2.91. The standard InChI is InChI=1S/C18H17ClN2O3S/c1-11(12-7-9-13(10-8-12)25(2,23)24)20-18(22)17-16(19)14-5-3-4-6-15(14)21-17/h3-11,21H,1-2H3,(H,20,22). The number of benzene rings is 2. The van der Waals surface area contributed by atoms with Crippen molar-refractivity contribution in [3.8, 4) is 0 Å². The fourth-order valence-electron chi connectivity index (χ4n) is 2.62. The van der Waals surface area contributed by atoms with Gasteiger partial charge in [0, 0.05) is 17.2 Å². The Balaban J connectivity index is 1.81. The topological polar surface area (TPSA) is 79.0 Å². The van der Waals surface area contributed by atoms with Crippen LogP contribution < -0.4 is 5.32 Å². The van der Waals surface area contributed by atoms with E-state index in [4.69, 9.17) is 11.6 Å². The lowest BCUT2D eigenvalue weighted by Crippen LogP contribution is -2.27. The number of hydrogen-bond donors (Lipinski definition) is 2. The Morgan fingerprint density at radius 1 is 1.12 bits per heavy atom. The number of carbonyl (C=O) groups excluding carboxylic acids is 1. The number of carbonyl (C=O) groups is 1. The molecule has 1 atom stereocenters. The molecule has 1 aromatic heterocycles. The van der Waals surface area contributed by atoms with Gasteiger partial charge >= 0.3 is 0 Å². The van der Waals surface area contributed by atoms with Gasteiger partial charge in [0.15, 0.2) is 9.84 Å². The summed E-state index contributed by atoms with van der Waals surface area (Å²) in [5.74, 6) is -0.319. The summed E-state index contributed by atoms with van der Waals surface area (Å²) in [5, 5.41) is 4.04. The van der Waals surface area contributed by atoms with Crippen molar-refractivity contribution in [3.63, 3.8) is 0 Å². The number of H-pyrrole nitrogens is 1. The van der Waals surface area contributed by atoms with Gasteiger partial charge in [0.1, 0.15) is 5.69 Å². The molecule has 0 fully saturated rings. The summed E-state index contributed by atoms with van der Waals surface area (Å²) in [5.41, 5.74) is 1.90. The third-order valence-electron chi connectivity index (χ3n) is 4.03. The SMILES string of the molecule is CC(NC(=O)c1[nH]c2ccccc2c1Cl)c1ccc(S(C)(=O)=O)cc1. The van der Waals surface area contributed by atoms with E-state index in [1.165, 1.54) is 12.1 Å². The van der Waals surface area contributed by atoms with E-state index in [9.17, 15) is 13.2 Å². The second-order valence-electron chi connectivity index (χ2n) is 5.90. The van der Waals surface area contributed by atoms with Gasteiger partial charge in [0.25, 0.3) is 5.91 Å². The summed E-state index contributed by atoms with van der Waals surface area (Å²) in [6.07, 6.45) is 1.16. The largest absolute Gasteiger partial charge is 0.349 e. The number of fused-ring (bicyclic) bond motifs is 1. The zero-order valence-corrected chi connectivity index (χ0v) is 15.3. The highest BCUT2D eigenvalue weighted by molar-refractivity contribution is 7.90. The molecule has 0 saturated heterocycles. The highest BCUT2D eigenvalue weighted by Crippen LogP contribution is 2.27. The Kier molecular flexibility index (Phi) is 4.58. The van der Waals surface area contributed by atoms with Crippen molar-refractivity contribution >= 4 is 38.2 Å². The van der Waals surface area contributed by atoms with E-state index in [1.54, 1.807) is 12.1 Å². The molecule has 0 aliphatic rings. The molecule has 0 bridgehead atoms. The van der Waals surface area contributed by atoms with Crippen LogP contribution in [0.3, 0.4) is 0 Å². The van der Waals surface area contributed by atoms with E-state index in [2.05, 4.69) is 10.3 Å². The van der Waals surface area contributed by atoms with E-state index in [1.807, 2.05) is 31.2 Å². The zero-order chi connectivity index (χ0) is 18.2. The Bertz CT molecular complexity index is 1040. The molecule has 3 aromatic rings. The van der Waals surface area contributed by atoms with Gasteiger partial charge in [0.05, 0.1) is 16.0 Å². The van der Waals surface area contributed by atoms with Gasteiger partial charge in [0.2, 0.25) is 0 Å². The monoisotopic (exact) mass is 376 g/mol. The first-order valence-electron chi connectivity index (χ1n) is 7.64. The van der Waals surface area contributed by atoms with Gasteiger partial charge in [-0.1, -0.05) is 41.9 Å². The number of rotatable bonds is 4. The molecule has 2 aromatic carbocycles. The first-order chi connectivity index (χ1) is 11.8. The van der Waals surface area contributed by atoms with Gasteiger partial charge in [-0.15, -0.1) is 0 Å². The van der Waals surface area contributed by atoms with Crippen molar-refractivity contribution in [1.82, 2.24) is 10.3 Å². The van der Waals surface area contributed by atoms with Crippen molar-refractivity contribution in [2.24, 2.45) is 0 Å². The van der Waals surface area contributed by atoms with E-state index >= 15 is 0 Å². The predicted octanol–water partition coefficient (Wildman–Crippen LogP) is 3.72. The van der Waals surface area contributed by atoms with E-state index in [0.29, 0.717) is 10.7 Å². The maximum absolute atomic E-state index is 12.5. The van der Waals surface area contributed by atoms with Crippen molar-refractivity contribution in [3.05, 3.63) is 64.8 Å². The summed E-state index contributed by atoms with van der Waals surface area (Å²) in [6.45, 7) is 1.82. The molecule has 1 unspecified atom stereocenters. The molecule has 0 saturated carbocycles. The molecule has 1 heterocycles. The second-order valence-corrected chi connectivity index (χ2v) is 8.29. The Morgan fingerprint density at radius 2 is 1.76 bits per heavy atom. The summed E-state index contributed by atoms with van der Waals surface area (Å²) in [7, 11) is -3.24. The Morgan fingerprint density at radius 3 is 2.36 bits per heavy atom. The molecule has 0 aliphatic heterocycles. The summed E-state index contributed by atoms with van der Waals surface area (Å²) in [4.78, 5) is 15.8. The van der Waals surface area contributed by atoms with Gasteiger partial charge in [-0.05, 0) is 30.7 Å². The zero-order valence-electron chi connectivity index (χ0n) is 13.7. The lowest BCUT2D eigenvalue weighted by atomic mass is 10.1. The molecule has 1 amide bonds. The number of nitrogens with one attached hydrogen (secondary N) is 2. The van der Waals surface area contributed by atoms with Gasteiger partial charge in [-0.25, -0.2) is 8.42 Å². The van der Waals surface area contributed by atoms with Crippen molar-refractivity contribution in [2.75, 3.05) is 6.26 Å².